The van der Waals surface area contributed by atoms with Gasteiger partial charge in [0.05, 0.1) is 6.61 Å². The van der Waals surface area contributed by atoms with Crippen LogP contribution in [0, 0.1) is 11.3 Å². The van der Waals surface area contributed by atoms with Gasteiger partial charge in [-0.3, -0.25) is 4.90 Å². The van der Waals surface area contributed by atoms with Gasteiger partial charge >= 0.3 is 0 Å². The molecule has 0 N–H and O–H groups in total. The lowest BCUT2D eigenvalue weighted by atomic mass is 9.83. The molecular weight excluding hydrogens is 301 g/mol. The first kappa shape index (κ1) is 13.7. The monoisotopic (exact) mass is 325 g/mol. The Kier molecular flexibility index (Phi) is 5.32. The number of nitrogens with zero attached hydrogens (tertiary/aromatic N) is 1. The summed E-state index contributed by atoms with van der Waals surface area (Å²) < 4.78 is 5.93. The van der Waals surface area contributed by atoms with Crippen molar-refractivity contribution in [2.24, 2.45) is 11.3 Å². The molecule has 1 fully saturated rings. The van der Waals surface area contributed by atoms with Crippen molar-refractivity contribution in [2.45, 2.75) is 38.2 Å². The fourth-order valence-corrected chi connectivity index (χ4v) is 3.39. The molecule has 0 radical (unpaired) electrons. The molecule has 0 spiro atoms. The largest absolute Gasteiger partial charge is 0.365 e. The smallest absolute Gasteiger partial charge is 0.121 e. The Hall–Kier alpha value is 0.650. The van der Waals surface area contributed by atoms with Gasteiger partial charge < -0.3 is 4.74 Å². The number of hydrogen-bond donors (Lipinski definition) is 0. The number of halogens is 1. The molecule has 1 rings (SSSR count). The molecule has 15 heavy (non-hydrogen) atoms. The molecule has 2 nitrogen and oxygen atoms in total. The molecule has 0 aromatic heterocycles. The fourth-order valence-electron chi connectivity index (χ4n) is 2.58. The average molecular weight is 325 g/mol. The summed E-state index contributed by atoms with van der Waals surface area (Å²) in [6, 6.07) is 0. The molecule has 0 aliphatic carbocycles. The number of hydrogen-bond acceptors (Lipinski definition) is 2. The van der Waals surface area contributed by atoms with Crippen LogP contribution in [0.4, 0.5) is 0 Å². The molecule has 0 amide bonds. The van der Waals surface area contributed by atoms with Crippen LogP contribution < -0.4 is 0 Å². The predicted molar refractivity (Wildman–Crippen MR) is 73.4 cm³/mol. The van der Waals surface area contributed by atoms with Gasteiger partial charge in [-0.1, -0.05) is 27.7 Å². The normalized spacial score (nSPS) is 24.8. The van der Waals surface area contributed by atoms with Gasteiger partial charge in [-0.05, 0) is 40.3 Å². The van der Waals surface area contributed by atoms with E-state index in [-0.39, 0.29) is 0 Å². The van der Waals surface area contributed by atoms with Crippen LogP contribution in [-0.2, 0) is 4.74 Å². The second kappa shape index (κ2) is 5.82. The van der Waals surface area contributed by atoms with E-state index in [9.17, 15) is 0 Å². The number of ether oxygens (including phenoxy) is 1. The molecule has 1 aliphatic heterocycles. The van der Waals surface area contributed by atoms with E-state index in [0.29, 0.717) is 9.53 Å². The first-order valence-corrected chi connectivity index (χ1v) is 7.12. The SMILES string of the molecule is CC(C)CC(C)(C)CN1CCOC(I)C1. The summed E-state index contributed by atoms with van der Waals surface area (Å²) in [6.45, 7) is 13.7. The number of morpholine rings is 1. The minimum atomic E-state index is 0.381. The summed E-state index contributed by atoms with van der Waals surface area (Å²) in [5, 5.41) is 0. The molecule has 1 heterocycles. The maximum Gasteiger partial charge on any atom is 0.121 e. The van der Waals surface area contributed by atoms with Crippen molar-refractivity contribution in [1.29, 1.82) is 0 Å². The third-order valence-electron chi connectivity index (χ3n) is 2.72. The second-order valence-corrected chi connectivity index (χ2v) is 7.17. The van der Waals surface area contributed by atoms with E-state index in [2.05, 4.69) is 55.2 Å². The van der Waals surface area contributed by atoms with E-state index in [1.165, 1.54) is 13.0 Å². The van der Waals surface area contributed by atoms with Crippen LogP contribution >= 0.6 is 22.6 Å². The van der Waals surface area contributed by atoms with Gasteiger partial charge in [-0.25, -0.2) is 0 Å². The summed E-state index contributed by atoms with van der Waals surface area (Å²) in [4.78, 5) is 2.54. The predicted octanol–water partition coefficient (Wildman–Crippen LogP) is 3.15. The van der Waals surface area contributed by atoms with Crippen molar-refractivity contribution in [3.05, 3.63) is 0 Å². The van der Waals surface area contributed by atoms with Gasteiger partial charge in [0.25, 0.3) is 0 Å². The minimum absolute atomic E-state index is 0.381. The van der Waals surface area contributed by atoms with Crippen molar-refractivity contribution in [2.75, 3.05) is 26.2 Å². The summed E-state index contributed by atoms with van der Waals surface area (Å²) in [6.07, 6.45) is 1.30. The van der Waals surface area contributed by atoms with Crippen LogP contribution in [0.5, 0.6) is 0 Å². The average Bonchev–Trinajstić information content (AvgIpc) is 1.99. The van der Waals surface area contributed by atoms with Crippen molar-refractivity contribution in [1.82, 2.24) is 4.90 Å². The van der Waals surface area contributed by atoms with Gasteiger partial charge in [-0.15, -0.1) is 0 Å². The molecule has 1 aliphatic rings. The summed E-state index contributed by atoms with van der Waals surface area (Å²) in [5.74, 6) is 0.788. The quantitative estimate of drug-likeness (QED) is 0.582. The molecular formula is C12H24INO. The van der Waals surface area contributed by atoms with Gasteiger partial charge in [0.2, 0.25) is 0 Å². The molecule has 0 bridgehead atoms. The maximum absolute atomic E-state index is 5.55. The van der Waals surface area contributed by atoms with Crippen LogP contribution in [0.15, 0.2) is 0 Å². The van der Waals surface area contributed by atoms with Crippen LogP contribution in [0.25, 0.3) is 0 Å². The van der Waals surface area contributed by atoms with E-state index in [1.807, 2.05) is 0 Å². The Morgan fingerprint density at radius 2 is 2.13 bits per heavy atom. The summed E-state index contributed by atoms with van der Waals surface area (Å²) >= 11 is 2.39. The molecule has 0 aromatic rings. The lowest BCUT2D eigenvalue weighted by Crippen LogP contribution is -2.44. The maximum atomic E-state index is 5.55. The van der Waals surface area contributed by atoms with Crippen LogP contribution in [0.1, 0.15) is 34.1 Å². The molecule has 90 valence electrons. The number of alkyl halides is 1. The second-order valence-electron chi connectivity index (χ2n) is 5.78. The van der Waals surface area contributed by atoms with Crippen molar-refractivity contribution in [3.8, 4) is 0 Å². The lowest BCUT2D eigenvalue weighted by molar-refractivity contribution is 0.00878. The zero-order valence-corrected chi connectivity index (χ0v) is 12.6. The Balaban J connectivity index is 2.38. The molecule has 3 heteroatoms. The van der Waals surface area contributed by atoms with E-state index < -0.39 is 0 Å². The van der Waals surface area contributed by atoms with Gasteiger partial charge in [0.15, 0.2) is 0 Å². The fraction of sp³-hybridized carbons (Fsp3) is 1.00. The third-order valence-corrected chi connectivity index (χ3v) is 3.47. The third kappa shape index (κ3) is 5.50. The van der Waals surface area contributed by atoms with E-state index in [4.69, 9.17) is 4.74 Å². The Labute approximate surface area is 108 Å². The van der Waals surface area contributed by atoms with Gasteiger partial charge in [0, 0.05) is 19.6 Å². The topological polar surface area (TPSA) is 12.5 Å². The Morgan fingerprint density at radius 3 is 2.67 bits per heavy atom. The van der Waals surface area contributed by atoms with Crippen LogP contribution in [0.3, 0.4) is 0 Å². The first-order valence-electron chi connectivity index (χ1n) is 5.87. The van der Waals surface area contributed by atoms with Gasteiger partial charge in [0.1, 0.15) is 4.11 Å². The highest BCUT2D eigenvalue weighted by Crippen LogP contribution is 2.27. The van der Waals surface area contributed by atoms with Crippen molar-refractivity contribution in [3.63, 3.8) is 0 Å². The Bertz CT molecular complexity index is 194. The summed E-state index contributed by atoms with van der Waals surface area (Å²) in [5.41, 5.74) is 0.432. The van der Waals surface area contributed by atoms with E-state index in [0.717, 1.165) is 25.6 Å². The van der Waals surface area contributed by atoms with Gasteiger partial charge in [-0.2, -0.15) is 0 Å². The highest BCUT2D eigenvalue weighted by Gasteiger charge is 2.26. The number of rotatable bonds is 4. The van der Waals surface area contributed by atoms with Crippen molar-refractivity contribution >= 4 is 22.6 Å². The molecule has 1 unspecified atom stereocenters. The zero-order valence-electron chi connectivity index (χ0n) is 10.4. The highest BCUT2D eigenvalue weighted by atomic mass is 127. The van der Waals surface area contributed by atoms with E-state index >= 15 is 0 Å². The first-order chi connectivity index (χ1) is 6.89. The molecule has 1 atom stereocenters. The molecule has 0 aromatic carbocycles. The van der Waals surface area contributed by atoms with Crippen LogP contribution in [0.2, 0.25) is 0 Å². The molecule has 1 saturated heterocycles. The zero-order chi connectivity index (χ0) is 11.5. The highest BCUT2D eigenvalue weighted by molar-refractivity contribution is 14.1. The standard InChI is InChI=1S/C12H24INO/c1-10(2)7-12(3,4)9-14-5-6-15-11(13)8-14/h10-11H,5-9H2,1-4H3. The van der Waals surface area contributed by atoms with E-state index in [1.54, 1.807) is 0 Å². The Morgan fingerprint density at radius 1 is 1.47 bits per heavy atom. The van der Waals surface area contributed by atoms with Crippen molar-refractivity contribution < 1.29 is 4.74 Å². The van der Waals surface area contributed by atoms with Crippen LogP contribution in [-0.4, -0.2) is 35.3 Å². The minimum Gasteiger partial charge on any atom is -0.365 e. The lowest BCUT2D eigenvalue weighted by Gasteiger charge is -2.37. The molecule has 0 saturated carbocycles. The summed E-state index contributed by atoms with van der Waals surface area (Å²) in [7, 11) is 0.